The molecule has 33 heavy (non-hydrogen) atoms. The number of thioether (sulfide) groups is 1. The third-order valence-electron chi connectivity index (χ3n) is 5.76. The maximum Gasteiger partial charge on any atom is 0.234 e. The number of hydrogen-bond acceptors (Lipinski definition) is 5. The van der Waals surface area contributed by atoms with Gasteiger partial charge in [-0.25, -0.2) is 0 Å². The van der Waals surface area contributed by atoms with Crippen molar-refractivity contribution in [3.63, 3.8) is 0 Å². The molecule has 0 saturated heterocycles. The average molecular weight is 498 g/mol. The molecule has 0 bridgehead atoms. The Hall–Kier alpha value is -2.72. The summed E-state index contributed by atoms with van der Waals surface area (Å²) < 4.78 is 0. The number of dihydropyridines is 1. The van der Waals surface area contributed by atoms with Crippen LogP contribution in [0.3, 0.4) is 0 Å². The second kappa shape index (κ2) is 10.0. The predicted octanol–water partition coefficient (Wildman–Crippen LogP) is 6.10. The van der Waals surface area contributed by atoms with Gasteiger partial charge in [-0.1, -0.05) is 53.2 Å². The molecule has 0 saturated carbocycles. The number of hydrogen-bond donors (Lipinski definition) is 2. The highest BCUT2D eigenvalue weighted by Crippen LogP contribution is 2.44. The molecular weight excluding hydrogens is 477 g/mol. The fourth-order valence-corrected chi connectivity index (χ4v) is 5.26. The van der Waals surface area contributed by atoms with Crippen molar-refractivity contribution >= 4 is 52.3 Å². The van der Waals surface area contributed by atoms with E-state index in [0.29, 0.717) is 38.3 Å². The molecule has 1 heterocycles. The number of rotatable bonds is 5. The van der Waals surface area contributed by atoms with E-state index < -0.39 is 5.92 Å². The normalized spacial score (nSPS) is 17.9. The molecule has 1 amide bonds. The number of nitrogens with one attached hydrogen (secondary N) is 2. The van der Waals surface area contributed by atoms with Crippen LogP contribution in [0.15, 0.2) is 64.3 Å². The first-order valence-electron chi connectivity index (χ1n) is 10.5. The summed E-state index contributed by atoms with van der Waals surface area (Å²) in [6, 6.07) is 14.8. The molecule has 1 atom stereocenters. The number of allylic oxidation sites excluding steroid dienone is 3. The Morgan fingerprint density at radius 1 is 1.21 bits per heavy atom. The Kier molecular flexibility index (Phi) is 7.14. The fraction of sp³-hybridized carbons (Fsp3) is 0.240. The summed E-state index contributed by atoms with van der Waals surface area (Å²) in [7, 11) is 0. The second-order valence-electron chi connectivity index (χ2n) is 7.88. The minimum atomic E-state index is -0.475. The number of nitrogens with zero attached hydrogens (tertiary/aromatic N) is 1. The van der Waals surface area contributed by atoms with E-state index in [2.05, 4.69) is 16.7 Å². The van der Waals surface area contributed by atoms with Crippen molar-refractivity contribution in [2.75, 3.05) is 11.1 Å². The Morgan fingerprint density at radius 3 is 2.70 bits per heavy atom. The standard InChI is InChI=1S/C25H21Cl2N3O2S/c1-14-18(27)4-2-5-19(14)29-22(32)13-33-25-17(12-28)23(15-8-10-16(26)11-9-15)24-20(30-25)6-3-7-21(24)31/h2,4-5,8-11,23,30H,3,6-7,13H2,1H3,(H,29,32). The Bertz CT molecular complexity index is 1230. The lowest BCUT2D eigenvalue weighted by Gasteiger charge is -2.33. The highest BCUT2D eigenvalue weighted by Gasteiger charge is 2.37. The van der Waals surface area contributed by atoms with E-state index in [4.69, 9.17) is 23.2 Å². The Morgan fingerprint density at radius 2 is 1.97 bits per heavy atom. The van der Waals surface area contributed by atoms with Gasteiger partial charge >= 0.3 is 0 Å². The zero-order valence-electron chi connectivity index (χ0n) is 17.9. The largest absolute Gasteiger partial charge is 0.352 e. The van der Waals surface area contributed by atoms with Gasteiger partial charge in [-0.15, -0.1) is 0 Å². The lowest BCUT2D eigenvalue weighted by molar-refractivity contribution is -0.116. The summed E-state index contributed by atoms with van der Waals surface area (Å²) in [5.74, 6) is -0.533. The Balaban J connectivity index is 1.61. The third-order valence-corrected chi connectivity index (χ3v) is 7.43. The first kappa shape index (κ1) is 23.4. The summed E-state index contributed by atoms with van der Waals surface area (Å²) in [5, 5.41) is 18.0. The lowest BCUT2D eigenvalue weighted by Crippen LogP contribution is -2.31. The van der Waals surface area contributed by atoms with Crippen LogP contribution in [0.2, 0.25) is 10.0 Å². The van der Waals surface area contributed by atoms with Crippen molar-refractivity contribution < 1.29 is 9.59 Å². The maximum atomic E-state index is 12.8. The van der Waals surface area contributed by atoms with Crippen LogP contribution in [0.25, 0.3) is 0 Å². The van der Waals surface area contributed by atoms with E-state index in [0.717, 1.165) is 29.7 Å². The summed E-state index contributed by atoms with van der Waals surface area (Å²) in [4.78, 5) is 25.5. The topological polar surface area (TPSA) is 82.0 Å². The molecule has 0 fully saturated rings. The van der Waals surface area contributed by atoms with Crippen molar-refractivity contribution in [1.82, 2.24) is 5.32 Å². The van der Waals surface area contributed by atoms with Crippen LogP contribution in [-0.2, 0) is 9.59 Å². The fourth-order valence-electron chi connectivity index (χ4n) is 4.09. The van der Waals surface area contributed by atoms with Gasteiger partial charge in [-0.2, -0.15) is 5.26 Å². The zero-order chi connectivity index (χ0) is 23.5. The number of nitriles is 1. The quantitative estimate of drug-likeness (QED) is 0.521. The second-order valence-corrected chi connectivity index (χ2v) is 9.71. The number of amides is 1. The van der Waals surface area contributed by atoms with E-state index in [9.17, 15) is 14.9 Å². The molecule has 1 aliphatic carbocycles. The summed E-state index contributed by atoms with van der Waals surface area (Å²) in [5.41, 5.74) is 4.19. The number of Topliss-reactive ketones (excluding diaryl/α,β-unsaturated/α-hetero) is 1. The van der Waals surface area contributed by atoms with Gasteiger partial charge in [0, 0.05) is 33.4 Å². The highest BCUT2D eigenvalue weighted by atomic mass is 35.5. The maximum absolute atomic E-state index is 12.8. The number of benzene rings is 2. The van der Waals surface area contributed by atoms with Crippen molar-refractivity contribution in [3.8, 4) is 6.07 Å². The molecule has 8 heteroatoms. The molecule has 2 aromatic carbocycles. The van der Waals surface area contributed by atoms with Crippen LogP contribution in [0.4, 0.5) is 5.69 Å². The first-order valence-corrected chi connectivity index (χ1v) is 12.2. The SMILES string of the molecule is Cc1c(Cl)cccc1NC(=O)CSC1=C(C#N)C(c2ccc(Cl)cc2)C2=C(CCCC2=O)N1. The molecule has 5 nitrogen and oxygen atoms in total. The molecular formula is C25H21Cl2N3O2S. The van der Waals surface area contributed by atoms with Gasteiger partial charge < -0.3 is 10.6 Å². The van der Waals surface area contributed by atoms with Crippen molar-refractivity contribution in [2.24, 2.45) is 0 Å². The van der Waals surface area contributed by atoms with Crippen LogP contribution in [0.5, 0.6) is 0 Å². The smallest absolute Gasteiger partial charge is 0.234 e. The van der Waals surface area contributed by atoms with Crippen LogP contribution < -0.4 is 10.6 Å². The van der Waals surface area contributed by atoms with E-state index in [-0.39, 0.29) is 17.4 Å². The van der Waals surface area contributed by atoms with Crippen LogP contribution in [-0.4, -0.2) is 17.4 Å². The van der Waals surface area contributed by atoms with E-state index in [1.165, 1.54) is 11.8 Å². The van der Waals surface area contributed by atoms with Gasteiger partial charge in [0.2, 0.25) is 5.91 Å². The summed E-state index contributed by atoms with van der Waals surface area (Å²) >= 11 is 13.5. The summed E-state index contributed by atoms with van der Waals surface area (Å²) in [6.45, 7) is 1.84. The highest BCUT2D eigenvalue weighted by molar-refractivity contribution is 8.03. The average Bonchev–Trinajstić information content (AvgIpc) is 2.80. The monoisotopic (exact) mass is 497 g/mol. The predicted molar refractivity (Wildman–Crippen MR) is 133 cm³/mol. The number of halogens is 2. The molecule has 1 unspecified atom stereocenters. The third kappa shape index (κ3) is 4.96. The van der Waals surface area contributed by atoms with Gasteiger partial charge in [0.15, 0.2) is 5.78 Å². The molecule has 2 aliphatic rings. The first-order chi connectivity index (χ1) is 15.9. The van der Waals surface area contributed by atoms with Gasteiger partial charge in [-0.3, -0.25) is 9.59 Å². The molecule has 1 aliphatic heterocycles. The van der Waals surface area contributed by atoms with Crippen LogP contribution in [0, 0.1) is 18.3 Å². The minimum Gasteiger partial charge on any atom is -0.352 e. The molecule has 168 valence electrons. The van der Waals surface area contributed by atoms with Gasteiger partial charge in [0.05, 0.1) is 28.3 Å². The summed E-state index contributed by atoms with van der Waals surface area (Å²) in [6.07, 6.45) is 1.95. The number of carbonyl (C=O) groups is 2. The van der Waals surface area contributed by atoms with E-state index in [1.807, 2.05) is 19.1 Å². The number of carbonyl (C=O) groups excluding carboxylic acids is 2. The molecule has 0 spiro atoms. The van der Waals surface area contributed by atoms with E-state index >= 15 is 0 Å². The molecule has 4 rings (SSSR count). The van der Waals surface area contributed by atoms with Gasteiger partial charge in [0.25, 0.3) is 0 Å². The van der Waals surface area contributed by atoms with Gasteiger partial charge in [0.1, 0.15) is 0 Å². The van der Waals surface area contributed by atoms with Crippen molar-refractivity contribution in [3.05, 3.63) is 85.5 Å². The van der Waals surface area contributed by atoms with Crippen LogP contribution >= 0.6 is 35.0 Å². The van der Waals surface area contributed by atoms with Crippen molar-refractivity contribution in [1.29, 1.82) is 5.26 Å². The molecule has 2 N–H and O–H groups in total. The van der Waals surface area contributed by atoms with Crippen LogP contribution in [0.1, 0.15) is 36.3 Å². The zero-order valence-corrected chi connectivity index (χ0v) is 20.2. The van der Waals surface area contributed by atoms with E-state index in [1.54, 1.807) is 30.3 Å². The number of ketones is 1. The number of anilines is 1. The minimum absolute atomic E-state index is 0.0506. The molecule has 2 aromatic rings. The lowest BCUT2D eigenvalue weighted by atomic mass is 9.77. The molecule has 0 radical (unpaired) electrons. The van der Waals surface area contributed by atoms with Gasteiger partial charge in [-0.05, 0) is 55.2 Å². The van der Waals surface area contributed by atoms with Crippen molar-refractivity contribution in [2.45, 2.75) is 32.1 Å². The molecule has 0 aromatic heterocycles. The Labute approximate surface area is 206 Å².